The van der Waals surface area contributed by atoms with Crippen LogP contribution in [0.25, 0.3) is 22.0 Å². The number of nitrogens with zero attached hydrogens (tertiary/aromatic N) is 1. The summed E-state index contributed by atoms with van der Waals surface area (Å²) >= 11 is 0. The van der Waals surface area contributed by atoms with Crippen molar-refractivity contribution in [3.05, 3.63) is 102 Å². The lowest BCUT2D eigenvalue weighted by molar-refractivity contribution is 0.233. The molecule has 2 N–H and O–H groups in total. The first-order valence-corrected chi connectivity index (χ1v) is 14.0. The van der Waals surface area contributed by atoms with Crippen molar-refractivity contribution in [2.45, 2.75) is 38.4 Å². The maximum absolute atomic E-state index is 13.5. The summed E-state index contributed by atoms with van der Waals surface area (Å²) in [6.45, 7) is 5.84. The second kappa shape index (κ2) is 10.4. The molecule has 0 aliphatic rings. The minimum atomic E-state index is -4.06. The summed E-state index contributed by atoms with van der Waals surface area (Å²) in [6.07, 6.45) is 0.958. The minimum absolute atomic E-state index is 0.00740. The van der Waals surface area contributed by atoms with E-state index in [2.05, 4.69) is 0 Å². The van der Waals surface area contributed by atoms with Crippen LogP contribution in [0, 0.1) is 6.92 Å². The van der Waals surface area contributed by atoms with Crippen molar-refractivity contribution >= 4 is 20.9 Å². The molecule has 0 aliphatic carbocycles. The smallest absolute Gasteiger partial charge is 0.268 e. The molecule has 0 amide bonds. The third-order valence-corrected chi connectivity index (χ3v) is 8.02. The standard InChI is InChI=1S/C31H29NO6S/c1-20(2)38-31-27(23-11-13-24(14-12-23)37-19-22-7-5-4-6-8-22)29(33)26-17-18-32(28(26)30(31)34)39(35,36)25-15-9-21(3)10-16-25/h4-18,20,33-34H,19H2,1-3H3. The minimum Gasteiger partial charge on any atom is -0.506 e. The van der Waals surface area contributed by atoms with Crippen molar-refractivity contribution in [3.8, 4) is 34.1 Å². The summed E-state index contributed by atoms with van der Waals surface area (Å²) in [4.78, 5) is 0.0611. The molecule has 0 aliphatic heterocycles. The number of aryl methyl sites for hydroxylation is 1. The maximum Gasteiger partial charge on any atom is 0.268 e. The van der Waals surface area contributed by atoms with Crippen LogP contribution in [0.5, 0.6) is 23.0 Å². The number of aromatic nitrogens is 1. The Kier molecular flexibility index (Phi) is 6.97. The fraction of sp³-hybridized carbons (Fsp3) is 0.161. The molecule has 1 heterocycles. The second-order valence-electron chi connectivity index (χ2n) is 9.56. The third-order valence-electron chi connectivity index (χ3n) is 6.33. The Morgan fingerprint density at radius 1 is 0.846 bits per heavy atom. The van der Waals surface area contributed by atoms with Gasteiger partial charge in [0.15, 0.2) is 11.5 Å². The highest BCUT2D eigenvalue weighted by Gasteiger charge is 2.28. The molecule has 5 rings (SSSR count). The monoisotopic (exact) mass is 543 g/mol. The number of ether oxygens (including phenoxy) is 2. The molecular weight excluding hydrogens is 514 g/mol. The first kappa shape index (κ1) is 26.2. The van der Waals surface area contributed by atoms with Crippen LogP contribution in [0.3, 0.4) is 0 Å². The van der Waals surface area contributed by atoms with E-state index >= 15 is 0 Å². The largest absolute Gasteiger partial charge is 0.506 e. The lowest BCUT2D eigenvalue weighted by Crippen LogP contribution is -2.12. The van der Waals surface area contributed by atoms with Crippen LogP contribution in [0.1, 0.15) is 25.0 Å². The van der Waals surface area contributed by atoms with Gasteiger partial charge < -0.3 is 19.7 Å². The fourth-order valence-corrected chi connectivity index (χ4v) is 5.76. The molecule has 5 aromatic rings. The molecule has 0 saturated heterocycles. The van der Waals surface area contributed by atoms with Gasteiger partial charge in [-0.3, -0.25) is 0 Å². The molecule has 0 fully saturated rings. The Labute approximate surface area is 227 Å². The van der Waals surface area contributed by atoms with E-state index in [0.29, 0.717) is 17.9 Å². The van der Waals surface area contributed by atoms with Gasteiger partial charge in [-0.2, -0.15) is 0 Å². The third kappa shape index (κ3) is 5.03. The zero-order chi connectivity index (χ0) is 27.7. The van der Waals surface area contributed by atoms with E-state index in [0.717, 1.165) is 15.1 Å². The van der Waals surface area contributed by atoms with Crippen LogP contribution in [0.4, 0.5) is 0 Å². The first-order valence-electron chi connectivity index (χ1n) is 12.5. The van der Waals surface area contributed by atoms with Gasteiger partial charge in [0.25, 0.3) is 10.0 Å². The van der Waals surface area contributed by atoms with E-state index in [-0.39, 0.29) is 44.7 Å². The summed E-state index contributed by atoms with van der Waals surface area (Å²) in [6, 6.07) is 24.7. The molecule has 1 aromatic heterocycles. The number of phenolic OH excluding ortho intramolecular Hbond substituents is 2. The fourth-order valence-electron chi connectivity index (χ4n) is 4.41. The Balaban J connectivity index is 1.59. The second-order valence-corrected chi connectivity index (χ2v) is 11.4. The van der Waals surface area contributed by atoms with Gasteiger partial charge in [0, 0.05) is 11.6 Å². The van der Waals surface area contributed by atoms with E-state index in [1.807, 2.05) is 37.3 Å². The highest BCUT2D eigenvalue weighted by molar-refractivity contribution is 7.90. The highest BCUT2D eigenvalue weighted by atomic mass is 32.2. The average molecular weight is 544 g/mol. The van der Waals surface area contributed by atoms with Crippen molar-refractivity contribution in [2.75, 3.05) is 0 Å². The first-order chi connectivity index (χ1) is 18.7. The number of hydrogen-bond acceptors (Lipinski definition) is 6. The van der Waals surface area contributed by atoms with Gasteiger partial charge in [0.1, 0.15) is 23.6 Å². The molecule has 0 saturated carbocycles. The van der Waals surface area contributed by atoms with Gasteiger partial charge in [-0.15, -0.1) is 0 Å². The molecule has 0 atom stereocenters. The van der Waals surface area contributed by atoms with Gasteiger partial charge in [0.2, 0.25) is 0 Å². The number of phenols is 2. The normalized spacial score (nSPS) is 11.7. The van der Waals surface area contributed by atoms with Gasteiger partial charge in [-0.05, 0) is 62.2 Å². The number of hydrogen-bond donors (Lipinski definition) is 2. The van der Waals surface area contributed by atoms with Crippen LogP contribution >= 0.6 is 0 Å². The van der Waals surface area contributed by atoms with Crippen LogP contribution in [-0.2, 0) is 16.6 Å². The van der Waals surface area contributed by atoms with Gasteiger partial charge >= 0.3 is 0 Å². The Bertz CT molecular complexity index is 1720. The molecule has 39 heavy (non-hydrogen) atoms. The lowest BCUT2D eigenvalue weighted by atomic mass is 10.00. The zero-order valence-electron chi connectivity index (χ0n) is 21.8. The molecule has 0 radical (unpaired) electrons. The average Bonchev–Trinajstić information content (AvgIpc) is 3.39. The Hall–Kier alpha value is -4.43. The van der Waals surface area contributed by atoms with Crippen LogP contribution in [0.15, 0.2) is 96.0 Å². The summed E-state index contributed by atoms with van der Waals surface area (Å²) in [5, 5.41) is 23.0. The van der Waals surface area contributed by atoms with Gasteiger partial charge in [-0.1, -0.05) is 60.2 Å². The van der Waals surface area contributed by atoms with Crippen molar-refractivity contribution in [3.63, 3.8) is 0 Å². The SMILES string of the molecule is Cc1ccc(S(=O)(=O)n2ccc3c(O)c(-c4ccc(OCc5ccccc5)cc4)c(OC(C)C)c(O)c32)cc1. The molecular formula is C31H29NO6S. The molecule has 0 bridgehead atoms. The van der Waals surface area contributed by atoms with E-state index < -0.39 is 10.0 Å². The zero-order valence-corrected chi connectivity index (χ0v) is 22.6. The Morgan fingerprint density at radius 3 is 2.15 bits per heavy atom. The molecule has 0 unspecified atom stereocenters. The molecule has 8 heteroatoms. The van der Waals surface area contributed by atoms with Crippen molar-refractivity contribution in [1.82, 2.24) is 3.97 Å². The predicted molar refractivity (Wildman–Crippen MR) is 151 cm³/mol. The lowest BCUT2D eigenvalue weighted by Gasteiger charge is -2.19. The van der Waals surface area contributed by atoms with E-state index in [9.17, 15) is 18.6 Å². The molecule has 7 nitrogen and oxygen atoms in total. The number of fused-ring (bicyclic) bond motifs is 1. The molecule has 0 spiro atoms. The Morgan fingerprint density at radius 2 is 1.51 bits per heavy atom. The topological polar surface area (TPSA) is 98.0 Å². The number of rotatable bonds is 8. The molecule has 4 aromatic carbocycles. The van der Waals surface area contributed by atoms with E-state index in [4.69, 9.17) is 9.47 Å². The van der Waals surface area contributed by atoms with E-state index in [1.165, 1.54) is 24.4 Å². The highest BCUT2D eigenvalue weighted by Crippen LogP contribution is 2.51. The van der Waals surface area contributed by atoms with E-state index in [1.54, 1.807) is 50.2 Å². The molecule has 200 valence electrons. The van der Waals surface area contributed by atoms with Crippen LogP contribution < -0.4 is 9.47 Å². The van der Waals surface area contributed by atoms with Gasteiger partial charge in [-0.25, -0.2) is 12.4 Å². The van der Waals surface area contributed by atoms with Crippen molar-refractivity contribution in [1.29, 1.82) is 0 Å². The van der Waals surface area contributed by atoms with Crippen LogP contribution in [0.2, 0.25) is 0 Å². The summed E-state index contributed by atoms with van der Waals surface area (Å²) in [5.74, 6) is 0.0481. The van der Waals surface area contributed by atoms with Crippen LogP contribution in [-0.4, -0.2) is 28.7 Å². The summed E-state index contributed by atoms with van der Waals surface area (Å²) in [7, 11) is -4.06. The summed E-state index contributed by atoms with van der Waals surface area (Å²) in [5.41, 5.74) is 2.72. The van der Waals surface area contributed by atoms with Crippen molar-refractivity contribution in [2.24, 2.45) is 0 Å². The quantitative estimate of drug-likeness (QED) is 0.213. The van der Waals surface area contributed by atoms with Gasteiger partial charge in [0.05, 0.1) is 16.6 Å². The summed E-state index contributed by atoms with van der Waals surface area (Å²) < 4.78 is 39.8. The predicted octanol–water partition coefficient (Wildman–Crippen LogP) is 6.63. The number of benzene rings is 4. The van der Waals surface area contributed by atoms with Crippen molar-refractivity contribution < 1.29 is 28.1 Å². The number of aromatic hydroxyl groups is 2. The maximum atomic E-state index is 13.5.